The highest BCUT2D eigenvalue weighted by Gasteiger charge is 2.16. The summed E-state index contributed by atoms with van der Waals surface area (Å²) in [4.78, 5) is 23.2. The Morgan fingerprint density at radius 2 is 2.03 bits per heavy atom. The van der Waals surface area contributed by atoms with Crippen LogP contribution < -0.4 is 10.3 Å². The van der Waals surface area contributed by atoms with Crippen molar-refractivity contribution >= 4 is 21.6 Å². The van der Waals surface area contributed by atoms with Gasteiger partial charge in [0.2, 0.25) is 0 Å². The Balaban J connectivity index is 1.86. The lowest BCUT2D eigenvalue weighted by atomic mass is 10.1. The van der Waals surface area contributed by atoms with Gasteiger partial charge in [0.1, 0.15) is 16.4 Å². The molecule has 0 amide bonds. The monoisotopic (exact) mass is 417 g/mol. The lowest BCUT2D eigenvalue weighted by molar-refractivity contribution is 0.0353. The smallest absolute Gasteiger partial charge is 0.260 e. The molecule has 0 aliphatic carbocycles. The van der Waals surface area contributed by atoms with Crippen LogP contribution in [-0.4, -0.2) is 60.0 Å². The fourth-order valence-electron chi connectivity index (χ4n) is 3.36. The van der Waals surface area contributed by atoms with Gasteiger partial charge in [0, 0.05) is 24.6 Å². The fourth-order valence-corrected chi connectivity index (χ4v) is 4.32. The Kier molecular flexibility index (Phi) is 7.38. The van der Waals surface area contributed by atoms with Gasteiger partial charge in [-0.3, -0.25) is 9.69 Å². The van der Waals surface area contributed by atoms with E-state index >= 15 is 0 Å². The Morgan fingerprint density at radius 1 is 1.28 bits per heavy atom. The maximum absolute atomic E-state index is 12.8. The van der Waals surface area contributed by atoms with Crippen molar-refractivity contribution in [1.82, 2.24) is 14.9 Å². The molecule has 0 aliphatic rings. The van der Waals surface area contributed by atoms with Crippen molar-refractivity contribution in [2.45, 2.75) is 26.0 Å². The molecule has 3 rings (SSSR count). The molecular formula is C21H27N3O4S. The van der Waals surface area contributed by atoms with E-state index in [4.69, 9.17) is 9.47 Å². The van der Waals surface area contributed by atoms with Gasteiger partial charge in [-0.1, -0.05) is 19.1 Å². The third-order valence-electron chi connectivity index (χ3n) is 4.64. The maximum Gasteiger partial charge on any atom is 0.260 e. The molecule has 0 fully saturated rings. The zero-order valence-electron chi connectivity index (χ0n) is 17.0. The number of hydrogen-bond acceptors (Lipinski definition) is 7. The van der Waals surface area contributed by atoms with Crippen LogP contribution >= 0.6 is 11.3 Å². The van der Waals surface area contributed by atoms with E-state index in [1.54, 1.807) is 14.2 Å². The van der Waals surface area contributed by atoms with E-state index in [2.05, 4.69) is 21.8 Å². The van der Waals surface area contributed by atoms with Crippen LogP contribution in [0, 0.1) is 0 Å². The molecule has 0 aliphatic heterocycles. The molecule has 156 valence electrons. The lowest BCUT2D eigenvalue weighted by Crippen LogP contribution is -2.35. The van der Waals surface area contributed by atoms with Gasteiger partial charge < -0.3 is 19.6 Å². The molecular weight excluding hydrogens is 390 g/mol. The Bertz CT molecular complexity index is 984. The van der Waals surface area contributed by atoms with Crippen molar-refractivity contribution in [3.05, 3.63) is 45.8 Å². The van der Waals surface area contributed by atoms with Crippen molar-refractivity contribution in [3.63, 3.8) is 0 Å². The number of benzene rings is 1. The molecule has 0 saturated carbocycles. The number of aromatic nitrogens is 2. The maximum atomic E-state index is 12.8. The average molecular weight is 418 g/mol. The van der Waals surface area contributed by atoms with Gasteiger partial charge in [-0.15, -0.1) is 11.3 Å². The molecule has 0 unspecified atom stereocenters. The number of aliphatic hydroxyl groups is 1. The van der Waals surface area contributed by atoms with Crippen LogP contribution in [0.15, 0.2) is 34.4 Å². The first kappa shape index (κ1) is 21.4. The summed E-state index contributed by atoms with van der Waals surface area (Å²) in [5, 5.41) is 12.6. The number of aromatic amines is 1. The summed E-state index contributed by atoms with van der Waals surface area (Å²) in [5.74, 6) is 1.37. The van der Waals surface area contributed by atoms with Crippen LogP contribution in [0.2, 0.25) is 0 Å². The number of aliphatic hydroxyl groups excluding tert-OH is 1. The number of rotatable bonds is 10. The molecule has 2 heterocycles. The number of fused-ring (bicyclic) bond motifs is 1. The average Bonchev–Trinajstić information content (AvgIpc) is 3.13. The first-order valence-electron chi connectivity index (χ1n) is 9.59. The summed E-state index contributed by atoms with van der Waals surface area (Å²) in [6.45, 7) is 4.08. The van der Waals surface area contributed by atoms with Gasteiger partial charge in [0.05, 0.1) is 31.8 Å². The van der Waals surface area contributed by atoms with E-state index in [0.29, 0.717) is 29.1 Å². The van der Waals surface area contributed by atoms with Crippen molar-refractivity contribution in [2.75, 3.05) is 33.9 Å². The fraction of sp³-hybridized carbons (Fsp3) is 0.429. The molecule has 0 radical (unpaired) electrons. The molecule has 0 bridgehead atoms. The Labute approximate surface area is 173 Å². The van der Waals surface area contributed by atoms with Gasteiger partial charge in [-0.25, -0.2) is 4.98 Å². The minimum absolute atomic E-state index is 0.147. The van der Waals surface area contributed by atoms with Crippen LogP contribution in [0.3, 0.4) is 0 Å². The Morgan fingerprint density at radius 3 is 2.69 bits per heavy atom. The summed E-state index contributed by atoms with van der Waals surface area (Å²) < 4.78 is 10.2. The third kappa shape index (κ3) is 5.22. The van der Waals surface area contributed by atoms with Gasteiger partial charge in [0.15, 0.2) is 0 Å². The van der Waals surface area contributed by atoms with Gasteiger partial charge in [-0.2, -0.15) is 0 Å². The van der Waals surface area contributed by atoms with Crippen LogP contribution in [-0.2, 0) is 11.3 Å². The largest absolute Gasteiger partial charge is 0.497 e. The summed E-state index contributed by atoms with van der Waals surface area (Å²) in [5.41, 5.74) is 1.67. The zero-order valence-corrected chi connectivity index (χ0v) is 17.8. The normalized spacial score (nSPS) is 12.6. The highest BCUT2D eigenvalue weighted by molar-refractivity contribution is 7.17. The molecule has 7 nitrogen and oxygen atoms in total. The van der Waals surface area contributed by atoms with E-state index in [1.807, 2.05) is 29.6 Å². The zero-order chi connectivity index (χ0) is 20.8. The van der Waals surface area contributed by atoms with Gasteiger partial charge in [-0.05, 0) is 30.7 Å². The van der Waals surface area contributed by atoms with E-state index in [0.717, 1.165) is 29.8 Å². The van der Waals surface area contributed by atoms with Crippen LogP contribution in [0.1, 0.15) is 19.2 Å². The lowest BCUT2D eigenvalue weighted by Gasteiger charge is -2.23. The summed E-state index contributed by atoms with van der Waals surface area (Å²) >= 11 is 1.46. The number of H-pyrrole nitrogens is 1. The summed E-state index contributed by atoms with van der Waals surface area (Å²) in [6, 6.07) is 7.63. The van der Waals surface area contributed by atoms with Crippen LogP contribution in [0.25, 0.3) is 21.3 Å². The SMILES string of the molecule is CCCN(Cc1nc2scc(-c3ccc(OC)cc3)c2c(=O)[nH]1)C[C@H](O)COC. The standard InChI is InChI=1S/C21H27N3O4S/c1-4-9-24(10-15(25)12-27-2)11-18-22-20(26)19-17(13-29-21(19)23-18)14-5-7-16(28-3)8-6-14/h5-8,13,15,25H,4,9-12H2,1-3H3,(H,22,23,26)/t15-/m0/s1. The minimum atomic E-state index is -0.578. The van der Waals surface area contributed by atoms with E-state index in [1.165, 1.54) is 11.3 Å². The number of methoxy groups -OCH3 is 2. The van der Waals surface area contributed by atoms with Crippen LogP contribution in [0.5, 0.6) is 5.75 Å². The summed E-state index contributed by atoms with van der Waals surface area (Å²) in [6.07, 6.45) is 0.359. The number of ether oxygens (including phenoxy) is 2. The van der Waals surface area contributed by atoms with Crippen molar-refractivity contribution < 1.29 is 14.6 Å². The van der Waals surface area contributed by atoms with E-state index in [9.17, 15) is 9.90 Å². The predicted molar refractivity (Wildman–Crippen MR) is 116 cm³/mol. The van der Waals surface area contributed by atoms with Crippen molar-refractivity contribution in [1.29, 1.82) is 0 Å². The highest BCUT2D eigenvalue weighted by atomic mass is 32.1. The number of nitrogens with zero attached hydrogens (tertiary/aromatic N) is 2. The second kappa shape index (κ2) is 9.98. The highest BCUT2D eigenvalue weighted by Crippen LogP contribution is 2.31. The molecule has 29 heavy (non-hydrogen) atoms. The topological polar surface area (TPSA) is 87.7 Å². The van der Waals surface area contributed by atoms with Crippen LogP contribution in [0.4, 0.5) is 0 Å². The number of hydrogen-bond donors (Lipinski definition) is 2. The quantitative estimate of drug-likeness (QED) is 0.527. The first-order chi connectivity index (χ1) is 14.0. The molecule has 0 spiro atoms. The molecule has 2 N–H and O–H groups in total. The molecule has 1 aromatic carbocycles. The minimum Gasteiger partial charge on any atom is -0.497 e. The molecule has 3 aromatic rings. The third-order valence-corrected chi connectivity index (χ3v) is 5.51. The second-order valence-electron chi connectivity index (χ2n) is 6.91. The number of nitrogens with one attached hydrogen (secondary N) is 1. The van der Waals surface area contributed by atoms with Gasteiger partial charge in [0.25, 0.3) is 5.56 Å². The molecule has 0 saturated heterocycles. The van der Waals surface area contributed by atoms with E-state index < -0.39 is 6.10 Å². The van der Waals surface area contributed by atoms with Crippen molar-refractivity contribution in [2.24, 2.45) is 0 Å². The van der Waals surface area contributed by atoms with Gasteiger partial charge >= 0.3 is 0 Å². The Hall–Kier alpha value is -2.26. The predicted octanol–water partition coefficient (Wildman–Crippen LogP) is 2.88. The summed E-state index contributed by atoms with van der Waals surface area (Å²) in [7, 11) is 3.19. The number of thiophene rings is 1. The molecule has 8 heteroatoms. The van der Waals surface area contributed by atoms with E-state index in [-0.39, 0.29) is 12.2 Å². The first-order valence-corrected chi connectivity index (χ1v) is 10.5. The molecule has 2 aromatic heterocycles. The van der Waals surface area contributed by atoms with Crippen molar-refractivity contribution in [3.8, 4) is 16.9 Å². The molecule has 1 atom stereocenters. The second-order valence-corrected chi connectivity index (χ2v) is 7.77.